The molecule has 0 aliphatic carbocycles. The summed E-state index contributed by atoms with van der Waals surface area (Å²) in [6.07, 6.45) is 6.14. The van der Waals surface area contributed by atoms with Gasteiger partial charge < -0.3 is 10.3 Å². The lowest BCUT2D eigenvalue weighted by Gasteiger charge is -2.05. The van der Waals surface area contributed by atoms with Gasteiger partial charge in [0, 0.05) is 30.4 Å². The van der Waals surface area contributed by atoms with Crippen molar-refractivity contribution in [2.24, 2.45) is 5.73 Å². The molecule has 0 aliphatic heterocycles. The van der Waals surface area contributed by atoms with E-state index in [1.54, 1.807) is 12.4 Å². The van der Waals surface area contributed by atoms with Crippen LogP contribution >= 0.6 is 0 Å². The van der Waals surface area contributed by atoms with Crippen molar-refractivity contribution in [2.75, 3.05) is 0 Å². The van der Waals surface area contributed by atoms with Crippen LogP contribution in [0.1, 0.15) is 31.2 Å². The zero-order valence-corrected chi connectivity index (χ0v) is 10.8. The summed E-state index contributed by atoms with van der Waals surface area (Å²) in [5, 5.41) is 3.98. The summed E-state index contributed by atoms with van der Waals surface area (Å²) in [6.45, 7) is 4.11. The topological polar surface area (TPSA) is 77.8 Å². The maximum Gasteiger partial charge on any atom is 0.228 e. The predicted molar refractivity (Wildman–Crippen MR) is 68.9 cm³/mol. The van der Waals surface area contributed by atoms with E-state index in [1.807, 2.05) is 13.0 Å². The van der Waals surface area contributed by atoms with Gasteiger partial charge in [0.05, 0.1) is 0 Å². The molecule has 18 heavy (non-hydrogen) atoms. The van der Waals surface area contributed by atoms with Crippen molar-refractivity contribution in [1.82, 2.24) is 15.1 Å². The maximum absolute atomic E-state index is 5.95. The Balaban J connectivity index is 2.13. The first-order chi connectivity index (χ1) is 8.70. The molecule has 1 unspecified atom stereocenters. The fourth-order valence-electron chi connectivity index (χ4n) is 1.84. The van der Waals surface area contributed by atoms with Crippen LogP contribution in [0.4, 0.5) is 0 Å². The molecule has 5 heteroatoms. The van der Waals surface area contributed by atoms with E-state index in [9.17, 15) is 0 Å². The highest BCUT2D eigenvalue weighted by molar-refractivity contribution is 5.57. The lowest BCUT2D eigenvalue weighted by atomic mass is 10.1. The first-order valence-corrected chi connectivity index (χ1v) is 6.20. The van der Waals surface area contributed by atoms with Gasteiger partial charge in [-0.1, -0.05) is 18.5 Å². The van der Waals surface area contributed by atoms with E-state index in [4.69, 9.17) is 10.3 Å². The number of hydrogen-bond acceptors (Lipinski definition) is 5. The largest absolute Gasteiger partial charge is 0.339 e. The Morgan fingerprint density at radius 3 is 3.00 bits per heavy atom. The number of hydrogen-bond donors (Lipinski definition) is 1. The molecular formula is C13H18N4O. The highest BCUT2D eigenvalue weighted by Gasteiger charge is 2.13. The Hall–Kier alpha value is -1.75. The van der Waals surface area contributed by atoms with Gasteiger partial charge in [0.1, 0.15) is 0 Å². The van der Waals surface area contributed by atoms with E-state index < -0.39 is 0 Å². The minimum absolute atomic E-state index is 0.0818. The summed E-state index contributed by atoms with van der Waals surface area (Å²) < 4.78 is 5.22. The van der Waals surface area contributed by atoms with Crippen LogP contribution in [-0.4, -0.2) is 21.2 Å². The molecule has 0 aliphatic rings. The molecule has 2 aromatic heterocycles. The highest BCUT2D eigenvalue weighted by atomic mass is 16.5. The van der Waals surface area contributed by atoms with Gasteiger partial charge in [-0.2, -0.15) is 4.98 Å². The second-order valence-electron chi connectivity index (χ2n) is 4.46. The summed E-state index contributed by atoms with van der Waals surface area (Å²) in [5.41, 5.74) is 7.93. The second kappa shape index (κ2) is 5.73. The molecule has 0 bridgehead atoms. The van der Waals surface area contributed by atoms with Crippen LogP contribution in [0.5, 0.6) is 0 Å². The van der Waals surface area contributed by atoms with E-state index in [0.717, 1.165) is 24.0 Å². The van der Waals surface area contributed by atoms with E-state index >= 15 is 0 Å². The van der Waals surface area contributed by atoms with Crippen LogP contribution in [0.2, 0.25) is 0 Å². The molecule has 96 valence electrons. The van der Waals surface area contributed by atoms with Crippen LogP contribution in [0, 0.1) is 6.92 Å². The van der Waals surface area contributed by atoms with Gasteiger partial charge in [0.25, 0.3) is 0 Å². The van der Waals surface area contributed by atoms with Crippen LogP contribution in [0.3, 0.4) is 0 Å². The lowest BCUT2D eigenvalue weighted by molar-refractivity contribution is 0.366. The van der Waals surface area contributed by atoms with Crippen LogP contribution in [0.25, 0.3) is 11.4 Å². The molecule has 5 nitrogen and oxygen atoms in total. The molecule has 0 amide bonds. The summed E-state index contributed by atoms with van der Waals surface area (Å²) in [4.78, 5) is 8.44. The fraction of sp³-hybridized carbons (Fsp3) is 0.462. The van der Waals surface area contributed by atoms with Gasteiger partial charge in [-0.05, 0) is 25.0 Å². The molecule has 0 saturated carbocycles. The van der Waals surface area contributed by atoms with Gasteiger partial charge >= 0.3 is 0 Å². The summed E-state index contributed by atoms with van der Waals surface area (Å²) in [7, 11) is 0. The molecule has 0 saturated heterocycles. The van der Waals surface area contributed by atoms with Crippen molar-refractivity contribution in [3.05, 3.63) is 29.9 Å². The Labute approximate surface area is 106 Å². The van der Waals surface area contributed by atoms with Gasteiger partial charge in [-0.3, -0.25) is 4.98 Å². The third kappa shape index (κ3) is 2.92. The Bertz CT molecular complexity index is 509. The number of nitrogens with two attached hydrogens (primary N) is 1. The molecule has 2 aromatic rings. The quantitative estimate of drug-likeness (QED) is 0.874. The molecule has 2 heterocycles. The lowest BCUT2D eigenvalue weighted by Crippen LogP contribution is -2.22. The number of nitrogens with zero attached hydrogens (tertiary/aromatic N) is 3. The molecule has 0 spiro atoms. The van der Waals surface area contributed by atoms with Gasteiger partial charge in [-0.25, -0.2) is 0 Å². The fourth-order valence-corrected chi connectivity index (χ4v) is 1.84. The normalized spacial score (nSPS) is 12.6. The van der Waals surface area contributed by atoms with Crippen LogP contribution in [-0.2, 0) is 6.42 Å². The zero-order valence-electron chi connectivity index (χ0n) is 10.8. The van der Waals surface area contributed by atoms with Crippen molar-refractivity contribution in [3.8, 4) is 11.4 Å². The van der Waals surface area contributed by atoms with Gasteiger partial charge in [0.2, 0.25) is 11.7 Å². The number of aryl methyl sites for hydroxylation is 1. The Morgan fingerprint density at radius 1 is 1.44 bits per heavy atom. The minimum atomic E-state index is 0.0818. The number of rotatable bonds is 5. The molecule has 2 N–H and O–H groups in total. The summed E-state index contributed by atoms with van der Waals surface area (Å²) >= 11 is 0. The minimum Gasteiger partial charge on any atom is -0.339 e. The first kappa shape index (κ1) is 12.7. The van der Waals surface area contributed by atoms with Gasteiger partial charge in [-0.15, -0.1) is 0 Å². The van der Waals surface area contributed by atoms with E-state index in [0.29, 0.717) is 18.1 Å². The SMILES string of the molecule is CCCC(N)Cc1nc(-c2cnccc2C)no1. The third-order valence-electron chi connectivity index (χ3n) is 2.84. The number of aromatic nitrogens is 3. The monoisotopic (exact) mass is 246 g/mol. The second-order valence-corrected chi connectivity index (χ2v) is 4.46. The van der Waals surface area contributed by atoms with Gasteiger partial charge in [0.15, 0.2) is 0 Å². The van der Waals surface area contributed by atoms with Crippen molar-refractivity contribution >= 4 is 0 Å². The van der Waals surface area contributed by atoms with E-state index in [2.05, 4.69) is 22.0 Å². The van der Waals surface area contributed by atoms with Crippen molar-refractivity contribution < 1.29 is 4.52 Å². The van der Waals surface area contributed by atoms with E-state index in [-0.39, 0.29) is 6.04 Å². The Morgan fingerprint density at radius 2 is 2.28 bits per heavy atom. The van der Waals surface area contributed by atoms with E-state index in [1.165, 1.54) is 0 Å². The van der Waals surface area contributed by atoms with Crippen molar-refractivity contribution in [1.29, 1.82) is 0 Å². The molecule has 0 fully saturated rings. The van der Waals surface area contributed by atoms with Crippen LogP contribution < -0.4 is 5.73 Å². The highest BCUT2D eigenvalue weighted by Crippen LogP contribution is 2.19. The number of pyridine rings is 1. The molecule has 0 aromatic carbocycles. The molecule has 0 radical (unpaired) electrons. The van der Waals surface area contributed by atoms with Crippen LogP contribution in [0.15, 0.2) is 23.0 Å². The first-order valence-electron chi connectivity index (χ1n) is 6.20. The van der Waals surface area contributed by atoms with Crippen molar-refractivity contribution in [3.63, 3.8) is 0 Å². The summed E-state index contributed by atoms with van der Waals surface area (Å²) in [6, 6.07) is 2.01. The zero-order chi connectivity index (χ0) is 13.0. The average Bonchev–Trinajstić information content (AvgIpc) is 2.78. The van der Waals surface area contributed by atoms with Crippen molar-refractivity contribution in [2.45, 2.75) is 39.2 Å². The maximum atomic E-state index is 5.95. The average molecular weight is 246 g/mol. The Kier molecular flexibility index (Phi) is 4.04. The summed E-state index contributed by atoms with van der Waals surface area (Å²) in [5.74, 6) is 1.17. The smallest absolute Gasteiger partial charge is 0.228 e. The molecular weight excluding hydrogens is 228 g/mol. The standard InChI is InChI=1S/C13H18N4O/c1-3-4-10(14)7-12-16-13(17-18-12)11-8-15-6-5-9(11)2/h5-6,8,10H,3-4,7,14H2,1-2H3. The third-order valence-corrected chi connectivity index (χ3v) is 2.84. The molecule has 2 rings (SSSR count). The predicted octanol–water partition coefficient (Wildman–Crippen LogP) is 2.11. The molecule has 1 atom stereocenters.